The van der Waals surface area contributed by atoms with Gasteiger partial charge < -0.3 is 24.4 Å². The largest absolute Gasteiger partial charge is 0.484 e. The highest BCUT2D eigenvalue weighted by molar-refractivity contribution is 7.80. The summed E-state index contributed by atoms with van der Waals surface area (Å²) < 4.78 is 17.3. The van der Waals surface area contributed by atoms with Crippen molar-refractivity contribution in [2.45, 2.75) is 218 Å². The van der Waals surface area contributed by atoms with Crippen molar-refractivity contribution in [2.75, 3.05) is 13.2 Å². The molecule has 0 aromatic rings. The minimum Gasteiger partial charge on any atom is -0.484 e. The third-order valence-corrected chi connectivity index (χ3v) is 9.82. The van der Waals surface area contributed by atoms with Crippen molar-refractivity contribution in [2.24, 2.45) is 0 Å². The Labute approximate surface area is 289 Å². The van der Waals surface area contributed by atoms with Crippen molar-refractivity contribution in [1.82, 2.24) is 0 Å². The lowest BCUT2D eigenvalue weighted by atomic mass is 10.0. The average molecular weight is 673 g/mol. The molecule has 0 aliphatic carbocycles. The van der Waals surface area contributed by atoms with E-state index in [4.69, 9.17) is 38.6 Å². The van der Waals surface area contributed by atoms with Gasteiger partial charge in [0.15, 0.2) is 16.2 Å². The van der Waals surface area contributed by atoms with Crippen LogP contribution in [0, 0.1) is 0 Å². The Morgan fingerprint density at radius 1 is 0.600 bits per heavy atom. The van der Waals surface area contributed by atoms with E-state index in [2.05, 4.69) is 13.8 Å². The van der Waals surface area contributed by atoms with Gasteiger partial charge in [0.2, 0.25) is 0 Å². The standard InChI is InChI=1S/C38H72O5S2/c1-3-5-7-9-11-13-15-17-19-21-23-25-27-29-35(44)41-31-33(39)37-38(34(40)32-42-37)43-36(45)30-28-26-24-22-20-18-16-14-12-10-8-6-4-2/h33-34,37-40H,3-32H2,1-2H3/t33-,34+,37-,38-/m1/s1. The Hall–Kier alpha value is -0.340. The number of aliphatic hydroxyl groups is 2. The summed E-state index contributed by atoms with van der Waals surface area (Å²) in [7, 11) is 0. The molecular formula is C38H72O5S2. The summed E-state index contributed by atoms with van der Waals surface area (Å²) in [6, 6.07) is 0. The van der Waals surface area contributed by atoms with E-state index < -0.39 is 24.4 Å². The van der Waals surface area contributed by atoms with Crippen LogP contribution in [0.2, 0.25) is 0 Å². The molecule has 266 valence electrons. The zero-order valence-electron chi connectivity index (χ0n) is 29.5. The summed E-state index contributed by atoms with van der Waals surface area (Å²) in [5.74, 6) is 0. The molecule has 2 N–H and O–H groups in total. The maximum Gasteiger partial charge on any atom is 0.160 e. The first kappa shape index (κ1) is 42.7. The fourth-order valence-electron chi connectivity index (χ4n) is 6.22. The maximum absolute atomic E-state index is 10.7. The lowest BCUT2D eigenvalue weighted by molar-refractivity contribution is -0.0620. The van der Waals surface area contributed by atoms with Gasteiger partial charge in [-0.25, -0.2) is 0 Å². The Morgan fingerprint density at radius 3 is 1.36 bits per heavy atom. The number of unbranched alkanes of at least 4 members (excludes halogenated alkanes) is 24. The van der Waals surface area contributed by atoms with Gasteiger partial charge >= 0.3 is 0 Å². The second-order valence-corrected chi connectivity index (χ2v) is 14.5. The number of hydrogen-bond donors (Lipinski definition) is 2. The van der Waals surface area contributed by atoms with Crippen molar-refractivity contribution in [3.05, 3.63) is 0 Å². The first-order valence-corrected chi connectivity index (χ1v) is 20.1. The fourth-order valence-corrected chi connectivity index (χ4v) is 6.69. The molecule has 0 saturated carbocycles. The molecule has 0 bridgehead atoms. The highest BCUT2D eigenvalue weighted by atomic mass is 32.1. The summed E-state index contributed by atoms with van der Waals surface area (Å²) in [4.78, 5) is 0. The molecule has 1 fully saturated rings. The Balaban J connectivity index is 2.05. The van der Waals surface area contributed by atoms with Crippen LogP contribution in [0.15, 0.2) is 0 Å². The van der Waals surface area contributed by atoms with Crippen molar-refractivity contribution in [1.29, 1.82) is 0 Å². The predicted octanol–water partition coefficient (Wildman–Crippen LogP) is 11.1. The van der Waals surface area contributed by atoms with Crippen LogP contribution in [0.1, 0.15) is 194 Å². The number of thiocarbonyl (C=S) groups is 2. The molecule has 0 aromatic carbocycles. The summed E-state index contributed by atoms with van der Waals surface area (Å²) in [6.07, 6.45) is 32.4. The van der Waals surface area contributed by atoms with Crippen LogP contribution in [-0.4, -0.2) is 57.9 Å². The van der Waals surface area contributed by atoms with E-state index in [0.29, 0.717) is 16.5 Å². The summed E-state index contributed by atoms with van der Waals surface area (Å²) >= 11 is 10.9. The van der Waals surface area contributed by atoms with Gasteiger partial charge in [0.05, 0.1) is 6.61 Å². The van der Waals surface area contributed by atoms with E-state index in [1.54, 1.807) is 0 Å². The van der Waals surface area contributed by atoms with Crippen LogP contribution in [0.5, 0.6) is 0 Å². The number of hydrogen-bond acceptors (Lipinski definition) is 7. The lowest BCUT2D eigenvalue weighted by Crippen LogP contribution is -2.43. The summed E-state index contributed by atoms with van der Waals surface area (Å²) in [5, 5.41) is 22.2. The van der Waals surface area contributed by atoms with Crippen LogP contribution in [-0.2, 0) is 14.2 Å². The molecule has 1 saturated heterocycles. The van der Waals surface area contributed by atoms with E-state index >= 15 is 0 Å². The minimum atomic E-state index is -0.934. The Kier molecular flexibility index (Phi) is 29.4. The topological polar surface area (TPSA) is 68.2 Å². The summed E-state index contributed by atoms with van der Waals surface area (Å²) in [5.41, 5.74) is 0. The first-order valence-electron chi connectivity index (χ1n) is 19.3. The van der Waals surface area contributed by atoms with Gasteiger partial charge in [-0.2, -0.15) is 0 Å². The highest BCUT2D eigenvalue weighted by Gasteiger charge is 2.43. The van der Waals surface area contributed by atoms with E-state index in [9.17, 15) is 10.2 Å². The van der Waals surface area contributed by atoms with Crippen molar-refractivity contribution < 1.29 is 24.4 Å². The van der Waals surface area contributed by atoms with E-state index in [-0.39, 0.29) is 13.2 Å². The maximum atomic E-state index is 10.7. The lowest BCUT2D eigenvalue weighted by Gasteiger charge is -2.26. The number of aliphatic hydroxyl groups excluding tert-OH is 2. The van der Waals surface area contributed by atoms with Gasteiger partial charge in [0, 0.05) is 12.8 Å². The molecule has 7 heteroatoms. The van der Waals surface area contributed by atoms with Crippen LogP contribution in [0.4, 0.5) is 0 Å². The second-order valence-electron chi connectivity index (χ2n) is 13.6. The third kappa shape index (κ3) is 24.5. The monoisotopic (exact) mass is 672 g/mol. The Bertz CT molecular complexity index is 691. The van der Waals surface area contributed by atoms with E-state index in [1.165, 1.54) is 141 Å². The van der Waals surface area contributed by atoms with Crippen LogP contribution in [0.25, 0.3) is 0 Å². The predicted molar refractivity (Wildman–Crippen MR) is 198 cm³/mol. The molecule has 0 aromatic heterocycles. The van der Waals surface area contributed by atoms with Gasteiger partial charge in [-0.3, -0.25) is 0 Å². The molecule has 45 heavy (non-hydrogen) atoms. The van der Waals surface area contributed by atoms with Gasteiger partial charge in [-0.15, -0.1) is 0 Å². The molecule has 1 aliphatic rings. The Morgan fingerprint density at radius 2 is 0.956 bits per heavy atom. The molecule has 0 spiro atoms. The van der Waals surface area contributed by atoms with Crippen molar-refractivity contribution in [3.63, 3.8) is 0 Å². The molecule has 1 heterocycles. The van der Waals surface area contributed by atoms with Crippen LogP contribution >= 0.6 is 24.4 Å². The highest BCUT2D eigenvalue weighted by Crippen LogP contribution is 2.23. The molecule has 5 nitrogen and oxygen atoms in total. The zero-order valence-corrected chi connectivity index (χ0v) is 31.1. The zero-order chi connectivity index (χ0) is 32.8. The van der Waals surface area contributed by atoms with Gasteiger partial charge in [-0.1, -0.05) is 168 Å². The molecule has 1 rings (SSSR count). The smallest absolute Gasteiger partial charge is 0.160 e. The van der Waals surface area contributed by atoms with Crippen LogP contribution < -0.4 is 0 Å². The third-order valence-electron chi connectivity index (χ3n) is 9.19. The van der Waals surface area contributed by atoms with Gasteiger partial charge in [0.1, 0.15) is 24.9 Å². The molecule has 1 aliphatic heterocycles. The number of rotatable bonds is 32. The second kappa shape index (κ2) is 31.0. The first-order chi connectivity index (χ1) is 22.0. The molecule has 0 unspecified atom stereocenters. The minimum absolute atomic E-state index is 0.0418. The fraction of sp³-hybridized carbons (Fsp3) is 0.947. The number of ether oxygens (including phenoxy) is 3. The van der Waals surface area contributed by atoms with Crippen molar-refractivity contribution in [3.8, 4) is 0 Å². The summed E-state index contributed by atoms with van der Waals surface area (Å²) in [6.45, 7) is 4.71. The van der Waals surface area contributed by atoms with E-state index in [1.807, 2.05) is 0 Å². The van der Waals surface area contributed by atoms with Crippen LogP contribution in [0.3, 0.4) is 0 Å². The van der Waals surface area contributed by atoms with Gasteiger partial charge in [-0.05, 0) is 37.3 Å². The molecule has 4 atom stereocenters. The van der Waals surface area contributed by atoms with Crippen molar-refractivity contribution >= 4 is 34.5 Å². The van der Waals surface area contributed by atoms with E-state index in [0.717, 1.165) is 32.1 Å². The average Bonchev–Trinajstić information content (AvgIpc) is 3.39. The molecule has 0 radical (unpaired) electrons. The normalized spacial score (nSPS) is 18.7. The molecule has 0 amide bonds. The van der Waals surface area contributed by atoms with Gasteiger partial charge in [0.25, 0.3) is 0 Å². The quantitative estimate of drug-likeness (QED) is 0.0544. The SMILES string of the molecule is CCCCCCCCCCCCCCCC(=S)OC[C@@H](O)[C@H]1OC[C@H](O)[C@H]1OC(=S)CCCCCCCCCCCCCCC. The molecular weight excluding hydrogens is 601 g/mol.